The van der Waals surface area contributed by atoms with Gasteiger partial charge in [0.05, 0.1) is 0 Å². The Hall–Kier alpha value is -1.62. The van der Waals surface area contributed by atoms with Crippen molar-refractivity contribution in [1.29, 1.82) is 0 Å². The number of amides is 1. The van der Waals surface area contributed by atoms with E-state index in [1.165, 1.54) is 12.8 Å². The van der Waals surface area contributed by atoms with Crippen LogP contribution in [-0.2, 0) is 10.2 Å². The van der Waals surface area contributed by atoms with Crippen molar-refractivity contribution in [1.82, 2.24) is 10.3 Å². The average molecular weight is 289 g/mol. The number of carbonyl (C=O) groups excluding carboxylic acids is 1. The lowest BCUT2D eigenvalue weighted by Gasteiger charge is -2.39. The summed E-state index contributed by atoms with van der Waals surface area (Å²) in [6.07, 6.45) is 7.85. The maximum Gasteiger partial charge on any atom is 0.404 e. The molecular weight excluding hydrogens is 266 g/mol. The largest absolute Gasteiger partial charge is 0.449 e. The number of pyridine rings is 1. The molecule has 1 aromatic rings. The smallest absolute Gasteiger partial charge is 0.404 e. The van der Waals surface area contributed by atoms with Crippen molar-refractivity contribution in [2.45, 2.75) is 56.0 Å². The lowest BCUT2D eigenvalue weighted by atomic mass is 9.70. The average Bonchev–Trinajstić information content (AvgIpc) is 3.32. The molecule has 0 aromatic carbocycles. The third-order valence-electron chi connectivity index (χ3n) is 4.69. The molecular formula is C16H23N3O2. The van der Waals surface area contributed by atoms with Crippen molar-refractivity contribution in [3.63, 3.8) is 0 Å². The molecule has 0 saturated heterocycles. The number of ether oxygens (including phenoxy) is 1. The van der Waals surface area contributed by atoms with E-state index in [9.17, 15) is 4.79 Å². The second-order valence-corrected chi connectivity index (χ2v) is 6.32. The van der Waals surface area contributed by atoms with Crippen LogP contribution >= 0.6 is 0 Å². The number of hydrogen-bond donors (Lipinski definition) is 2. The van der Waals surface area contributed by atoms with Gasteiger partial charge in [0.1, 0.15) is 6.61 Å². The minimum absolute atomic E-state index is 0.183. The zero-order valence-electron chi connectivity index (χ0n) is 12.3. The van der Waals surface area contributed by atoms with Crippen LogP contribution in [0.2, 0.25) is 0 Å². The van der Waals surface area contributed by atoms with Crippen LogP contribution in [0, 0.1) is 0 Å². The Kier molecular flexibility index (Phi) is 4.10. The Morgan fingerprint density at radius 1 is 1.29 bits per heavy atom. The Bertz CT molecular complexity index is 480. The van der Waals surface area contributed by atoms with Gasteiger partial charge in [-0.15, -0.1) is 0 Å². The summed E-state index contributed by atoms with van der Waals surface area (Å²) < 4.78 is 5.15. The summed E-state index contributed by atoms with van der Waals surface area (Å²) in [5.41, 5.74) is 5.98. The fourth-order valence-electron chi connectivity index (χ4n) is 3.28. The number of nitrogens with one attached hydrogen (secondary N) is 1. The van der Waals surface area contributed by atoms with Crippen LogP contribution in [-0.4, -0.2) is 29.8 Å². The normalized spacial score (nSPS) is 29.0. The Morgan fingerprint density at radius 2 is 2.00 bits per heavy atom. The number of hydrogen-bond acceptors (Lipinski definition) is 4. The van der Waals surface area contributed by atoms with Crippen LogP contribution in [0.1, 0.15) is 44.2 Å². The highest BCUT2D eigenvalue weighted by Gasteiger charge is 2.40. The summed E-state index contributed by atoms with van der Waals surface area (Å²) in [7, 11) is 0. The molecule has 3 rings (SSSR count). The minimum Gasteiger partial charge on any atom is -0.449 e. The standard InChI is InChI=1S/C16H23N3O2/c17-15(20)21-11-16(14-3-1-2-10-18-14)8-6-13(7-9-16)19-12-4-5-12/h1-3,10,12-13,19H,4-9,11H2,(H2,17,20)/t13-,16+. The van der Waals surface area contributed by atoms with Gasteiger partial charge in [0.2, 0.25) is 0 Å². The van der Waals surface area contributed by atoms with Gasteiger partial charge in [0.25, 0.3) is 0 Å². The first-order valence-corrected chi connectivity index (χ1v) is 7.78. The lowest BCUT2D eigenvalue weighted by Crippen LogP contribution is -2.44. The fourth-order valence-corrected chi connectivity index (χ4v) is 3.28. The number of carbonyl (C=O) groups is 1. The molecule has 21 heavy (non-hydrogen) atoms. The summed E-state index contributed by atoms with van der Waals surface area (Å²) in [6.45, 7) is 0.329. The van der Waals surface area contributed by atoms with Crippen molar-refractivity contribution >= 4 is 6.09 Å². The summed E-state index contributed by atoms with van der Waals surface area (Å²) in [6, 6.07) is 7.25. The second-order valence-electron chi connectivity index (χ2n) is 6.32. The van der Waals surface area contributed by atoms with Crippen molar-refractivity contribution < 1.29 is 9.53 Å². The first kappa shape index (κ1) is 14.3. The molecule has 0 atom stereocenters. The number of nitrogens with two attached hydrogens (primary N) is 1. The fraction of sp³-hybridized carbons (Fsp3) is 0.625. The van der Waals surface area contributed by atoms with Crippen LogP contribution in [0.5, 0.6) is 0 Å². The molecule has 0 spiro atoms. The van der Waals surface area contributed by atoms with Crippen molar-refractivity contribution in [2.24, 2.45) is 5.73 Å². The van der Waals surface area contributed by atoms with Crippen LogP contribution < -0.4 is 11.1 Å². The molecule has 0 bridgehead atoms. The molecule has 5 heteroatoms. The molecule has 114 valence electrons. The van der Waals surface area contributed by atoms with E-state index < -0.39 is 6.09 Å². The van der Waals surface area contributed by atoms with Crippen LogP contribution in [0.4, 0.5) is 4.79 Å². The third-order valence-corrected chi connectivity index (χ3v) is 4.69. The van der Waals surface area contributed by atoms with Gasteiger partial charge in [-0.3, -0.25) is 4.98 Å². The van der Waals surface area contributed by atoms with Gasteiger partial charge in [-0.2, -0.15) is 0 Å². The molecule has 1 amide bonds. The molecule has 2 aliphatic carbocycles. The molecule has 2 saturated carbocycles. The van der Waals surface area contributed by atoms with Crippen LogP contribution in [0.3, 0.4) is 0 Å². The van der Waals surface area contributed by atoms with Crippen molar-refractivity contribution in [2.75, 3.05) is 6.61 Å². The molecule has 3 N–H and O–H groups in total. The molecule has 5 nitrogen and oxygen atoms in total. The van der Waals surface area contributed by atoms with Gasteiger partial charge in [0.15, 0.2) is 0 Å². The zero-order chi connectivity index (χ0) is 14.7. The first-order valence-electron chi connectivity index (χ1n) is 7.78. The number of rotatable bonds is 5. The third kappa shape index (κ3) is 3.53. The zero-order valence-corrected chi connectivity index (χ0v) is 12.3. The van der Waals surface area contributed by atoms with E-state index in [4.69, 9.17) is 10.5 Å². The summed E-state index contributed by atoms with van der Waals surface area (Å²) in [4.78, 5) is 15.5. The maximum absolute atomic E-state index is 11.0. The van der Waals surface area contributed by atoms with E-state index in [2.05, 4.69) is 10.3 Å². The Morgan fingerprint density at radius 3 is 2.57 bits per heavy atom. The highest BCUT2D eigenvalue weighted by Crippen LogP contribution is 2.39. The van der Waals surface area contributed by atoms with Crippen molar-refractivity contribution in [3.05, 3.63) is 30.1 Å². The lowest BCUT2D eigenvalue weighted by molar-refractivity contribution is 0.0974. The van der Waals surface area contributed by atoms with Gasteiger partial charge in [-0.05, 0) is 50.7 Å². The van der Waals surface area contributed by atoms with Gasteiger partial charge < -0.3 is 15.8 Å². The monoisotopic (exact) mass is 289 g/mol. The molecule has 0 radical (unpaired) electrons. The molecule has 1 heterocycles. The van der Waals surface area contributed by atoms with Gasteiger partial charge in [-0.1, -0.05) is 6.07 Å². The molecule has 0 aliphatic heterocycles. The van der Waals surface area contributed by atoms with Gasteiger partial charge >= 0.3 is 6.09 Å². The topological polar surface area (TPSA) is 77.2 Å². The Labute approximate surface area is 125 Å². The Balaban J connectivity index is 1.69. The quantitative estimate of drug-likeness (QED) is 0.870. The molecule has 1 aromatic heterocycles. The SMILES string of the molecule is NC(=O)OC[C@]1(c2ccccn2)CC[C@@H](NC2CC2)CC1. The van der Waals surface area contributed by atoms with Gasteiger partial charge in [-0.25, -0.2) is 4.79 Å². The van der Waals surface area contributed by atoms with E-state index in [1.54, 1.807) is 6.20 Å². The van der Waals surface area contributed by atoms with Crippen LogP contribution in [0.25, 0.3) is 0 Å². The first-order chi connectivity index (χ1) is 10.2. The van der Waals surface area contributed by atoms with E-state index in [1.807, 2.05) is 18.2 Å². The molecule has 2 aliphatic rings. The number of aromatic nitrogens is 1. The van der Waals surface area contributed by atoms with E-state index in [-0.39, 0.29) is 5.41 Å². The number of nitrogens with zero attached hydrogens (tertiary/aromatic N) is 1. The molecule has 0 unspecified atom stereocenters. The van der Waals surface area contributed by atoms with Gasteiger partial charge in [0, 0.05) is 29.4 Å². The van der Waals surface area contributed by atoms with E-state index >= 15 is 0 Å². The maximum atomic E-state index is 11.0. The number of primary amides is 1. The second kappa shape index (κ2) is 6.02. The summed E-state index contributed by atoms with van der Waals surface area (Å²) in [5, 5.41) is 3.69. The highest BCUT2D eigenvalue weighted by atomic mass is 16.5. The van der Waals surface area contributed by atoms with E-state index in [0.717, 1.165) is 37.4 Å². The van der Waals surface area contributed by atoms with Crippen LogP contribution in [0.15, 0.2) is 24.4 Å². The highest BCUT2D eigenvalue weighted by molar-refractivity contribution is 5.64. The minimum atomic E-state index is -0.705. The summed E-state index contributed by atoms with van der Waals surface area (Å²) in [5.74, 6) is 0. The van der Waals surface area contributed by atoms with Crippen molar-refractivity contribution in [3.8, 4) is 0 Å². The summed E-state index contributed by atoms with van der Waals surface area (Å²) >= 11 is 0. The van der Waals surface area contributed by atoms with E-state index in [0.29, 0.717) is 12.6 Å². The predicted molar refractivity (Wildman–Crippen MR) is 79.9 cm³/mol. The molecule has 2 fully saturated rings. The predicted octanol–water partition coefficient (Wildman–Crippen LogP) is 2.11.